The third kappa shape index (κ3) is 5.60. The van der Waals surface area contributed by atoms with Gasteiger partial charge in [0, 0.05) is 38.6 Å². The predicted molar refractivity (Wildman–Crippen MR) is 233 cm³/mol. The predicted octanol–water partition coefficient (Wildman–Crippen LogP) is 11.7. The molecule has 0 spiro atoms. The molecule has 5 nitrogen and oxygen atoms in total. The zero-order chi connectivity index (χ0) is 38.7. The molecular formula is C51H47N5Pt. The van der Waals surface area contributed by atoms with Gasteiger partial charge in [-0.1, -0.05) is 114 Å². The average Bonchev–Trinajstić information content (AvgIpc) is 3.88. The first-order chi connectivity index (χ1) is 26.8. The van der Waals surface area contributed by atoms with Gasteiger partial charge in [0.2, 0.25) is 0 Å². The smallest absolute Gasteiger partial charge is 0.510 e. The van der Waals surface area contributed by atoms with Crippen molar-refractivity contribution in [3.63, 3.8) is 0 Å². The summed E-state index contributed by atoms with van der Waals surface area (Å²) in [5, 5.41) is 2.52. The summed E-state index contributed by atoms with van der Waals surface area (Å²) in [6.45, 7) is 18.1. The molecule has 4 heterocycles. The van der Waals surface area contributed by atoms with E-state index in [1.165, 1.54) is 49.7 Å². The normalized spacial score (nSPS) is 17.4. The van der Waals surface area contributed by atoms with Crippen LogP contribution in [0.15, 0.2) is 128 Å². The van der Waals surface area contributed by atoms with Crippen LogP contribution in [0.3, 0.4) is 0 Å². The van der Waals surface area contributed by atoms with Crippen molar-refractivity contribution in [1.29, 1.82) is 0 Å². The molecule has 0 saturated carbocycles. The van der Waals surface area contributed by atoms with E-state index >= 15 is 0 Å². The molecule has 1 unspecified atom stereocenters. The Morgan fingerprint density at radius 1 is 0.596 bits per heavy atom. The molecule has 3 aliphatic heterocycles. The van der Waals surface area contributed by atoms with Gasteiger partial charge in [-0.15, -0.1) is 40.7 Å². The molecule has 1 aromatic heterocycles. The second kappa shape index (κ2) is 13.1. The Morgan fingerprint density at radius 2 is 1.33 bits per heavy atom. The summed E-state index contributed by atoms with van der Waals surface area (Å²) in [5.74, 6) is 0. The van der Waals surface area contributed by atoms with Gasteiger partial charge in [-0.2, -0.15) is 37.1 Å². The number of hydrogen-bond donors (Lipinski definition) is 0. The van der Waals surface area contributed by atoms with Crippen molar-refractivity contribution in [2.24, 2.45) is 0 Å². The van der Waals surface area contributed by atoms with E-state index in [-0.39, 0.29) is 31.9 Å². The summed E-state index contributed by atoms with van der Waals surface area (Å²) in [6, 6.07) is 51.3. The summed E-state index contributed by atoms with van der Waals surface area (Å²) in [7, 11) is 4.19. The van der Waals surface area contributed by atoms with Crippen LogP contribution in [0.5, 0.6) is 0 Å². The molecule has 3 aliphatic rings. The molecule has 0 saturated heterocycles. The summed E-state index contributed by atoms with van der Waals surface area (Å²) < 4.78 is 2.51. The van der Waals surface area contributed by atoms with Crippen LogP contribution in [0.4, 0.5) is 22.7 Å². The third-order valence-electron chi connectivity index (χ3n) is 12.0. The van der Waals surface area contributed by atoms with Crippen LogP contribution in [0.1, 0.15) is 74.9 Å². The van der Waals surface area contributed by atoms with E-state index in [4.69, 9.17) is 0 Å². The van der Waals surface area contributed by atoms with Crippen LogP contribution in [-0.2, 0) is 37.3 Å². The molecule has 6 aromatic carbocycles. The maximum atomic E-state index is 4.14. The van der Waals surface area contributed by atoms with Crippen molar-refractivity contribution in [2.75, 3.05) is 28.8 Å². The molecule has 0 amide bonds. The number of rotatable bonds is 4. The van der Waals surface area contributed by atoms with Gasteiger partial charge in [0.15, 0.2) is 0 Å². The molecule has 7 aromatic rings. The summed E-state index contributed by atoms with van der Waals surface area (Å²) in [6.07, 6.45) is 4.19. The fourth-order valence-electron chi connectivity index (χ4n) is 9.11. The Bertz CT molecular complexity index is 2730. The van der Waals surface area contributed by atoms with Gasteiger partial charge in [0.05, 0.1) is 0 Å². The Morgan fingerprint density at radius 3 is 2.05 bits per heavy atom. The first-order valence-electron chi connectivity index (χ1n) is 19.6. The van der Waals surface area contributed by atoms with Crippen LogP contribution >= 0.6 is 0 Å². The Balaban J connectivity index is 0.00000422. The first kappa shape index (κ1) is 37.3. The van der Waals surface area contributed by atoms with Crippen molar-refractivity contribution < 1.29 is 21.1 Å². The standard InChI is InChI=1S/C51H47N5.Pt/c1-49(2,3)35-21-23-44-41(30-35)40-17-14-18-42-48(40)56(44)45-24-22-38(54-26-25-52(7)32-54)31-43(45)51(42,34-15-10-9-11-16-34)37-27-36(50(4,5)6)28-39(29-37)55-33-53(8)46-19-12-13-20-47(46)55;/h9-28,30,32-33H,1-8H3;/q-4;+4. The maximum Gasteiger partial charge on any atom is 4.00 e. The summed E-state index contributed by atoms with van der Waals surface area (Å²) >= 11 is 0. The number of nitrogens with zero attached hydrogens (tertiary/aromatic N) is 5. The number of benzene rings is 6. The second-order valence-electron chi connectivity index (χ2n) is 17.7. The minimum absolute atomic E-state index is 0. The van der Waals surface area contributed by atoms with E-state index in [1.807, 2.05) is 0 Å². The van der Waals surface area contributed by atoms with Crippen molar-refractivity contribution in [2.45, 2.75) is 57.8 Å². The summed E-state index contributed by atoms with van der Waals surface area (Å²) in [4.78, 5) is 8.76. The van der Waals surface area contributed by atoms with Crippen LogP contribution < -0.4 is 14.7 Å². The van der Waals surface area contributed by atoms with Gasteiger partial charge >= 0.3 is 21.1 Å². The molecule has 10 rings (SSSR count). The Labute approximate surface area is 352 Å². The topological polar surface area (TPSA) is 17.9 Å². The van der Waals surface area contributed by atoms with Crippen LogP contribution in [0.2, 0.25) is 0 Å². The minimum atomic E-state index is -0.778. The molecule has 57 heavy (non-hydrogen) atoms. The van der Waals surface area contributed by atoms with E-state index in [0.717, 1.165) is 33.9 Å². The van der Waals surface area contributed by atoms with Gasteiger partial charge in [-0.25, -0.2) is 0 Å². The van der Waals surface area contributed by atoms with Crippen LogP contribution in [0.25, 0.3) is 27.5 Å². The van der Waals surface area contributed by atoms with Crippen molar-refractivity contribution in [1.82, 2.24) is 9.47 Å². The molecule has 1 atom stereocenters. The SMILES string of the molecule is CN1C=CN(c2[c-]c3c(cc2)-n2c4ccc(C(C)(C)C)cc4c4cccc(c42)C3(c2[c-]c(N3[CH-]N(C)c4ccccc43)cc(C(C)(C)C)c2)c2ccccc2)[CH-]1.[Pt+4]. The molecule has 286 valence electrons. The molecule has 0 aliphatic carbocycles. The second-order valence-corrected chi connectivity index (χ2v) is 17.7. The zero-order valence-electron chi connectivity index (χ0n) is 33.8. The van der Waals surface area contributed by atoms with Gasteiger partial charge in [-0.3, -0.25) is 0 Å². The number of anilines is 4. The van der Waals surface area contributed by atoms with Crippen LogP contribution in [-0.4, -0.2) is 23.6 Å². The molecule has 0 radical (unpaired) electrons. The summed E-state index contributed by atoms with van der Waals surface area (Å²) in [5.41, 5.74) is 14.2. The van der Waals surface area contributed by atoms with Gasteiger partial charge in [0.1, 0.15) is 0 Å². The number of aromatic nitrogens is 1. The largest absolute Gasteiger partial charge is 4.00 e. The van der Waals surface area contributed by atoms with E-state index in [0.29, 0.717) is 0 Å². The number of hydrogen-bond acceptors (Lipinski definition) is 4. The molecule has 0 fully saturated rings. The Kier molecular flexibility index (Phi) is 8.61. The molecule has 6 heteroatoms. The van der Waals surface area contributed by atoms with E-state index < -0.39 is 5.41 Å². The van der Waals surface area contributed by atoms with Gasteiger partial charge < -0.3 is 24.2 Å². The van der Waals surface area contributed by atoms with Gasteiger partial charge in [0.25, 0.3) is 0 Å². The maximum absolute atomic E-state index is 4.14. The number of fused-ring (bicyclic) bond motifs is 6. The minimum Gasteiger partial charge on any atom is -0.510 e. The fraction of sp³-hybridized carbons (Fsp3) is 0.216. The zero-order valence-corrected chi connectivity index (χ0v) is 36.1. The van der Waals surface area contributed by atoms with Crippen molar-refractivity contribution in [3.8, 4) is 5.69 Å². The first-order valence-corrected chi connectivity index (χ1v) is 19.6. The molecular weight excluding hydrogens is 878 g/mol. The fourth-order valence-corrected chi connectivity index (χ4v) is 9.11. The Hall–Kier alpha value is -5.25. The van der Waals surface area contributed by atoms with Crippen LogP contribution in [0, 0.1) is 25.5 Å². The molecule has 0 N–H and O–H groups in total. The number of para-hydroxylation sites is 3. The van der Waals surface area contributed by atoms with E-state index in [2.05, 4.69) is 233 Å². The third-order valence-corrected chi connectivity index (χ3v) is 12.0. The van der Waals surface area contributed by atoms with Crippen molar-refractivity contribution >= 4 is 44.6 Å². The van der Waals surface area contributed by atoms with E-state index in [1.54, 1.807) is 0 Å². The van der Waals surface area contributed by atoms with Gasteiger partial charge in [-0.05, 0) is 78.3 Å². The van der Waals surface area contributed by atoms with Crippen molar-refractivity contribution in [3.05, 3.63) is 187 Å². The average molecular weight is 925 g/mol. The monoisotopic (exact) mass is 924 g/mol. The quantitative estimate of drug-likeness (QED) is 0.164. The van der Waals surface area contributed by atoms with E-state index in [9.17, 15) is 0 Å². The molecule has 0 bridgehead atoms.